The topological polar surface area (TPSA) is 46.9 Å². The number of imidazole rings is 1. The van der Waals surface area contributed by atoms with Crippen LogP contribution in [-0.2, 0) is 10.3 Å². The quantitative estimate of drug-likeness (QED) is 0.800. The van der Waals surface area contributed by atoms with E-state index < -0.39 is 47.9 Å². The highest BCUT2D eigenvalue weighted by Crippen LogP contribution is 2.56. The number of nitrogens with one attached hydrogen (secondary N) is 1. The van der Waals surface area contributed by atoms with E-state index in [1.54, 1.807) is 4.57 Å². The second-order valence-corrected chi connectivity index (χ2v) is 7.56. The first-order chi connectivity index (χ1) is 11.8. The number of anilines is 1. The number of alkyl halides is 4. The molecule has 0 radical (unpaired) electrons. The maximum Gasteiger partial charge on any atom is 0.313 e. The summed E-state index contributed by atoms with van der Waals surface area (Å²) in [6, 6.07) is 3.93. The fourth-order valence-electron chi connectivity index (χ4n) is 3.16. The zero-order chi connectivity index (χ0) is 19.5. The SMILES string of the molecule is CC(C)(C)n1c(NC(=O)C[C@H]2CC(F)(F)C2(F)F)nc2cc(F)ccc21. The minimum absolute atomic E-state index is 0.0532. The second kappa shape index (κ2) is 5.65. The molecule has 26 heavy (non-hydrogen) atoms. The summed E-state index contributed by atoms with van der Waals surface area (Å²) < 4.78 is 67.6. The van der Waals surface area contributed by atoms with E-state index in [1.165, 1.54) is 18.2 Å². The Morgan fingerprint density at radius 3 is 2.50 bits per heavy atom. The van der Waals surface area contributed by atoms with Crippen molar-refractivity contribution in [2.24, 2.45) is 5.92 Å². The molecule has 0 aliphatic heterocycles. The number of hydrogen-bond donors (Lipinski definition) is 1. The van der Waals surface area contributed by atoms with Crippen molar-refractivity contribution >= 4 is 22.9 Å². The van der Waals surface area contributed by atoms with Gasteiger partial charge in [0.2, 0.25) is 11.9 Å². The van der Waals surface area contributed by atoms with Crippen LogP contribution in [0.3, 0.4) is 0 Å². The van der Waals surface area contributed by atoms with Crippen LogP contribution in [0.15, 0.2) is 18.2 Å². The Balaban J connectivity index is 1.86. The molecule has 1 heterocycles. The molecule has 0 bridgehead atoms. The van der Waals surface area contributed by atoms with Crippen LogP contribution in [0.25, 0.3) is 11.0 Å². The summed E-state index contributed by atoms with van der Waals surface area (Å²) >= 11 is 0. The molecule has 1 fully saturated rings. The van der Waals surface area contributed by atoms with Crippen LogP contribution in [-0.4, -0.2) is 27.3 Å². The molecule has 3 rings (SSSR count). The zero-order valence-electron chi connectivity index (χ0n) is 14.4. The molecule has 1 aromatic heterocycles. The van der Waals surface area contributed by atoms with Crippen LogP contribution >= 0.6 is 0 Å². The van der Waals surface area contributed by atoms with Crippen LogP contribution in [0.4, 0.5) is 27.9 Å². The molecule has 2 aromatic rings. The van der Waals surface area contributed by atoms with E-state index in [0.717, 1.165) is 0 Å². The van der Waals surface area contributed by atoms with E-state index in [-0.39, 0.29) is 11.5 Å². The summed E-state index contributed by atoms with van der Waals surface area (Å²) in [6.45, 7) is 5.48. The van der Waals surface area contributed by atoms with E-state index in [4.69, 9.17) is 0 Å². The van der Waals surface area contributed by atoms with E-state index >= 15 is 0 Å². The maximum atomic E-state index is 13.4. The summed E-state index contributed by atoms with van der Waals surface area (Å²) in [7, 11) is 0. The predicted molar refractivity (Wildman–Crippen MR) is 85.9 cm³/mol. The molecule has 0 unspecified atom stereocenters. The number of nitrogens with zero attached hydrogens (tertiary/aromatic N) is 2. The lowest BCUT2D eigenvalue weighted by molar-refractivity contribution is -0.313. The van der Waals surface area contributed by atoms with Gasteiger partial charge in [0, 0.05) is 30.4 Å². The van der Waals surface area contributed by atoms with Crippen molar-refractivity contribution in [3.8, 4) is 0 Å². The van der Waals surface area contributed by atoms with Crippen LogP contribution in [0, 0.1) is 11.7 Å². The third-order valence-corrected chi connectivity index (χ3v) is 4.47. The van der Waals surface area contributed by atoms with Crippen molar-refractivity contribution in [1.29, 1.82) is 0 Å². The first kappa shape index (κ1) is 18.6. The lowest BCUT2D eigenvalue weighted by Gasteiger charge is -2.43. The molecular weight excluding hydrogens is 357 g/mol. The lowest BCUT2D eigenvalue weighted by Crippen LogP contribution is -2.59. The summed E-state index contributed by atoms with van der Waals surface area (Å²) in [6.07, 6.45) is -1.78. The number of rotatable bonds is 3. The molecule has 1 amide bonds. The van der Waals surface area contributed by atoms with Gasteiger partial charge in [0.1, 0.15) is 5.82 Å². The van der Waals surface area contributed by atoms with Gasteiger partial charge in [-0.3, -0.25) is 10.1 Å². The van der Waals surface area contributed by atoms with Crippen molar-refractivity contribution in [3.63, 3.8) is 0 Å². The Labute approximate surface area is 146 Å². The highest BCUT2D eigenvalue weighted by molar-refractivity contribution is 5.92. The van der Waals surface area contributed by atoms with Gasteiger partial charge >= 0.3 is 11.8 Å². The average molecular weight is 375 g/mol. The van der Waals surface area contributed by atoms with Gasteiger partial charge in [0.05, 0.1) is 11.0 Å². The summed E-state index contributed by atoms with van der Waals surface area (Å²) in [5.74, 6) is -11.3. The van der Waals surface area contributed by atoms with Gasteiger partial charge in [-0.2, -0.15) is 17.6 Å². The van der Waals surface area contributed by atoms with Crippen molar-refractivity contribution in [3.05, 3.63) is 24.0 Å². The molecule has 1 saturated carbocycles. The smallest absolute Gasteiger partial charge is 0.305 e. The Morgan fingerprint density at radius 1 is 1.31 bits per heavy atom. The minimum Gasteiger partial charge on any atom is -0.305 e. The number of amides is 1. The van der Waals surface area contributed by atoms with Crippen LogP contribution in [0.2, 0.25) is 0 Å². The zero-order valence-corrected chi connectivity index (χ0v) is 14.4. The van der Waals surface area contributed by atoms with Crippen LogP contribution in [0.1, 0.15) is 33.6 Å². The minimum atomic E-state index is -4.20. The number of benzene rings is 1. The molecule has 1 aliphatic rings. The number of carbonyl (C=O) groups is 1. The highest BCUT2D eigenvalue weighted by atomic mass is 19.3. The Hall–Kier alpha value is -2.19. The second-order valence-electron chi connectivity index (χ2n) is 7.56. The largest absolute Gasteiger partial charge is 0.313 e. The summed E-state index contributed by atoms with van der Waals surface area (Å²) in [4.78, 5) is 16.3. The molecular formula is C17H18F5N3O. The van der Waals surface area contributed by atoms with Gasteiger partial charge in [-0.15, -0.1) is 0 Å². The lowest BCUT2D eigenvalue weighted by atomic mass is 9.74. The van der Waals surface area contributed by atoms with Crippen molar-refractivity contribution < 1.29 is 26.7 Å². The third-order valence-electron chi connectivity index (χ3n) is 4.47. The normalized spacial score (nSPS) is 21.5. The fourth-order valence-corrected chi connectivity index (χ4v) is 3.16. The number of carbonyl (C=O) groups excluding carboxylic acids is 1. The van der Waals surface area contributed by atoms with Gasteiger partial charge in [-0.05, 0) is 32.9 Å². The molecule has 0 spiro atoms. The van der Waals surface area contributed by atoms with Crippen LogP contribution in [0.5, 0.6) is 0 Å². The fraction of sp³-hybridized carbons (Fsp3) is 0.529. The number of hydrogen-bond acceptors (Lipinski definition) is 2. The predicted octanol–water partition coefficient (Wildman–Crippen LogP) is 4.55. The van der Waals surface area contributed by atoms with Gasteiger partial charge in [0.15, 0.2) is 0 Å². The maximum absolute atomic E-state index is 13.4. The standard InChI is InChI=1S/C17H18F5N3O/c1-15(2,3)25-12-5-4-10(18)7-11(12)23-14(25)24-13(26)6-9-8-16(19,20)17(9,21)22/h4-5,7,9H,6,8H2,1-3H3,(H,23,24,26)/t9-/m0/s1. The summed E-state index contributed by atoms with van der Waals surface area (Å²) in [5.41, 5.74) is 0.285. The molecule has 1 aliphatic carbocycles. The number of halogens is 5. The Morgan fingerprint density at radius 2 is 1.96 bits per heavy atom. The number of aromatic nitrogens is 2. The monoisotopic (exact) mass is 375 g/mol. The van der Waals surface area contributed by atoms with Gasteiger partial charge in [0.25, 0.3) is 0 Å². The highest BCUT2D eigenvalue weighted by Gasteiger charge is 2.71. The van der Waals surface area contributed by atoms with Crippen molar-refractivity contribution in [2.45, 2.75) is 51.0 Å². The van der Waals surface area contributed by atoms with Gasteiger partial charge < -0.3 is 4.57 Å². The number of fused-ring (bicyclic) bond motifs is 1. The molecule has 142 valence electrons. The Bertz CT molecular complexity index is 869. The summed E-state index contributed by atoms with van der Waals surface area (Å²) in [5, 5.41) is 2.40. The molecule has 1 atom stereocenters. The van der Waals surface area contributed by atoms with Crippen LogP contribution < -0.4 is 5.32 Å². The molecule has 9 heteroatoms. The van der Waals surface area contributed by atoms with Gasteiger partial charge in [-0.25, -0.2) is 9.37 Å². The first-order valence-corrected chi connectivity index (χ1v) is 8.07. The van der Waals surface area contributed by atoms with E-state index in [1.807, 2.05) is 20.8 Å². The van der Waals surface area contributed by atoms with Gasteiger partial charge in [-0.1, -0.05) is 0 Å². The average Bonchev–Trinajstić information content (AvgIpc) is 2.83. The Kier molecular flexibility index (Phi) is 4.04. The van der Waals surface area contributed by atoms with Crippen molar-refractivity contribution in [1.82, 2.24) is 9.55 Å². The van der Waals surface area contributed by atoms with E-state index in [0.29, 0.717) is 5.52 Å². The van der Waals surface area contributed by atoms with Crippen molar-refractivity contribution in [2.75, 3.05) is 5.32 Å². The molecule has 0 saturated heterocycles. The molecule has 1 aromatic carbocycles. The first-order valence-electron chi connectivity index (χ1n) is 8.07. The third kappa shape index (κ3) is 2.93. The van der Waals surface area contributed by atoms with E-state index in [9.17, 15) is 26.7 Å². The molecule has 4 nitrogen and oxygen atoms in total. The molecule has 1 N–H and O–H groups in total. The van der Waals surface area contributed by atoms with E-state index in [2.05, 4.69) is 10.3 Å².